The molecule has 1 aliphatic heterocycles. The van der Waals surface area contributed by atoms with E-state index in [0.29, 0.717) is 6.42 Å². The van der Waals surface area contributed by atoms with Crippen LogP contribution in [-0.4, -0.2) is 45.0 Å². The Balaban J connectivity index is 1.74. The fraction of sp³-hybridized carbons (Fsp3) is 0.591. The van der Waals surface area contributed by atoms with Crippen LogP contribution < -0.4 is 16.2 Å². The van der Waals surface area contributed by atoms with E-state index in [9.17, 15) is 18.3 Å². The molecule has 182 valence electrons. The summed E-state index contributed by atoms with van der Waals surface area (Å²) < 4.78 is 53.3. The number of aliphatic hydroxyl groups excluding tert-OH is 1. The van der Waals surface area contributed by atoms with Gasteiger partial charge >= 0.3 is 12.1 Å². The van der Waals surface area contributed by atoms with Gasteiger partial charge in [0.05, 0.1) is 24.8 Å². The van der Waals surface area contributed by atoms with Crippen LogP contribution in [0.2, 0.25) is 0 Å². The van der Waals surface area contributed by atoms with Crippen molar-refractivity contribution in [1.29, 1.82) is 0 Å². The molecule has 1 aromatic heterocycles. The number of nitrogens with zero attached hydrogens (tertiary/aromatic N) is 3. The van der Waals surface area contributed by atoms with Gasteiger partial charge in [-0.1, -0.05) is 44.2 Å². The molecule has 2 aromatic rings. The predicted molar refractivity (Wildman–Crippen MR) is 115 cm³/mol. The number of unbranched alkanes of at least 4 members (excludes halogenated alkanes) is 5. The lowest BCUT2D eigenvalue weighted by Crippen LogP contribution is -2.36. The molecule has 1 saturated heterocycles. The third-order valence-corrected chi connectivity index (χ3v) is 5.64. The SMILES string of the molecule is CCCCCCCCOc1ccc(-c2noc([C@@H]3C[C@H](O)C[N+]3=C(N)N)n2)cc1C(F)(F)F. The summed E-state index contributed by atoms with van der Waals surface area (Å²) in [5.41, 5.74) is 10.5. The first-order chi connectivity index (χ1) is 15.7. The predicted octanol–water partition coefficient (Wildman–Crippen LogP) is 3.59. The number of hydrogen-bond acceptors (Lipinski definition) is 5. The molecule has 0 amide bonds. The summed E-state index contributed by atoms with van der Waals surface area (Å²) >= 11 is 0. The summed E-state index contributed by atoms with van der Waals surface area (Å²) in [7, 11) is 0. The van der Waals surface area contributed by atoms with Crippen LogP contribution in [0.25, 0.3) is 11.4 Å². The molecular weight excluding hydrogens is 439 g/mol. The van der Waals surface area contributed by atoms with Crippen LogP contribution in [0.4, 0.5) is 13.2 Å². The number of nitrogens with two attached hydrogens (primary N) is 2. The Morgan fingerprint density at radius 2 is 1.94 bits per heavy atom. The molecule has 0 aliphatic carbocycles. The Kier molecular flexibility index (Phi) is 8.17. The van der Waals surface area contributed by atoms with Gasteiger partial charge in [-0.25, -0.2) is 0 Å². The number of guanidine groups is 1. The van der Waals surface area contributed by atoms with Crippen LogP contribution in [0.15, 0.2) is 22.7 Å². The van der Waals surface area contributed by atoms with E-state index in [2.05, 4.69) is 17.1 Å². The first-order valence-corrected chi connectivity index (χ1v) is 11.2. The number of ether oxygens (including phenoxy) is 1. The molecule has 1 aliphatic rings. The van der Waals surface area contributed by atoms with Crippen molar-refractivity contribution in [2.45, 2.75) is 70.2 Å². The number of β-amino-alcohol motifs (C(OH)–C–C–N with tert-alkyl or cyclic N) is 1. The van der Waals surface area contributed by atoms with E-state index in [4.69, 9.17) is 20.7 Å². The zero-order chi connectivity index (χ0) is 24.0. The number of halogens is 3. The highest BCUT2D eigenvalue weighted by Crippen LogP contribution is 2.39. The number of aromatic nitrogens is 2. The van der Waals surface area contributed by atoms with Gasteiger partial charge < -0.3 is 14.4 Å². The van der Waals surface area contributed by atoms with Crippen molar-refractivity contribution in [3.05, 3.63) is 29.7 Å². The van der Waals surface area contributed by atoms with Crippen LogP contribution in [0.3, 0.4) is 0 Å². The lowest BCUT2D eigenvalue weighted by molar-refractivity contribution is -0.557. The lowest BCUT2D eigenvalue weighted by Gasteiger charge is -2.14. The van der Waals surface area contributed by atoms with Gasteiger partial charge in [0.25, 0.3) is 5.89 Å². The topological polar surface area (TPSA) is 123 Å². The normalized spacial score (nSPS) is 18.6. The molecule has 1 aromatic carbocycles. The molecule has 0 bridgehead atoms. The maximum absolute atomic E-state index is 13.7. The maximum atomic E-state index is 13.7. The van der Waals surface area contributed by atoms with Crippen LogP contribution >= 0.6 is 0 Å². The second kappa shape index (κ2) is 10.9. The van der Waals surface area contributed by atoms with E-state index in [0.717, 1.165) is 38.2 Å². The summed E-state index contributed by atoms with van der Waals surface area (Å²) in [4.78, 5) is 4.23. The highest BCUT2D eigenvalue weighted by Gasteiger charge is 2.38. The van der Waals surface area contributed by atoms with E-state index in [1.54, 1.807) is 0 Å². The first kappa shape index (κ1) is 24.8. The Hall–Kier alpha value is -2.82. The molecule has 0 unspecified atom stereocenters. The molecule has 0 radical (unpaired) electrons. The highest BCUT2D eigenvalue weighted by atomic mass is 19.4. The van der Waals surface area contributed by atoms with Gasteiger partial charge in [-0.3, -0.25) is 16.0 Å². The fourth-order valence-corrected chi connectivity index (χ4v) is 3.90. The quantitative estimate of drug-likeness (QED) is 0.275. The second-order valence-electron chi connectivity index (χ2n) is 8.26. The molecule has 2 atom stereocenters. The van der Waals surface area contributed by atoms with Crippen molar-refractivity contribution in [1.82, 2.24) is 10.1 Å². The largest absolute Gasteiger partial charge is 0.493 e. The average Bonchev–Trinajstić information content (AvgIpc) is 3.39. The van der Waals surface area contributed by atoms with Crippen molar-refractivity contribution in [3.63, 3.8) is 0 Å². The molecule has 3 rings (SSSR count). The molecule has 8 nitrogen and oxygen atoms in total. The molecule has 2 heterocycles. The smallest absolute Gasteiger partial charge is 0.419 e. The third-order valence-electron chi connectivity index (χ3n) is 5.64. The van der Waals surface area contributed by atoms with E-state index >= 15 is 0 Å². The Labute approximate surface area is 190 Å². The number of rotatable bonds is 10. The Morgan fingerprint density at radius 1 is 1.21 bits per heavy atom. The van der Waals surface area contributed by atoms with Gasteiger partial charge in [-0.2, -0.15) is 18.2 Å². The first-order valence-electron chi connectivity index (χ1n) is 11.2. The molecule has 33 heavy (non-hydrogen) atoms. The van der Waals surface area contributed by atoms with Crippen LogP contribution in [-0.2, 0) is 6.18 Å². The summed E-state index contributed by atoms with van der Waals surface area (Å²) in [6, 6.07) is 3.15. The fourth-order valence-electron chi connectivity index (χ4n) is 3.90. The van der Waals surface area contributed by atoms with Gasteiger partial charge in [0.2, 0.25) is 5.82 Å². The van der Waals surface area contributed by atoms with Crippen molar-refractivity contribution < 1.29 is 32.1 Å². The van der Waals surface area contributed by atoms with E-state index in [1.165, 1.54) is 16.7 Å². The van der Waals surface area contributed by atoms with Gasteiger partial charge in [0, 0.05) is 12.0 Å². The molecular formula is C22H31F3N5O3+. The minimum atomic E-state index is -4.60. The lowest BCUT2D eigenvalue weighted by atomic mass is 10.1. The third kappa shape index (κ3) is 6.37. The van der Waals surface area contributed by atoms with Gasteiger partial charge in [-0.05, 0) is 24.6 Å². The van der Waals surface area contributed by atoms with Gasteiger partial charge in [0.15, 0.2) is 6.04 Å². The zero-order valence-corrected chi connectivity index (χ0v) is 18.6. The van der Waals surface area contributed by atoms with Crippen molar-refractivity contribution in [2.24, 2.45) is 11.5 Å². The molecule has 1 fully saturated rings. The molecule has 11 heteroatoms. The molecule has 0 saturated carbocycles. The van der Waals surface area contributed by atoms with Crippen molar-refractivity contribution in [3.8, 4) is 17.1 Å². The summed E-state index contributed by atoms with van der Waals surface area (Å²) in [5, 5.41) is 13.7. The zero-order valence-electron chi connectivity index (χ0n) is 18.6. The monoisotopic (exact) mass is 470 g/mol. The van der Waals surface area contributed by atoms with Crippen molar-refractivity contribution in [2.75, 3.05) is 13.2 Å². The highest BCUT2D eigenvalue weighted by molar-refractivity contribution is 5.70. The molecule has 0 spiro atoms. The van der Waals surface area contributed by atoms with Crippen LogP contribution in [0.1, 0.15) is 69.4 Å². The van der Waals surface area contributed by atoms with Gasteiger partial charge in [0.1, 0.15) is 5.75 Å². The second-order valence-corrected chi connectivity index (χ2v) is 8.26. The maximum Gasteiger partial charge on any atom is 0.419 e. The summed E-state index contributed by atoms with van der Waals surface area (Å²) in [5.74, 6) is -0.122. The standard InChI is InChI=1S/C22H30F3N5O3/c1-2-3-4-5-6-7-10-32-18-9-8-14(11-16(18)22(23,24)25)19-28-20(33-29-19)17-12-15(31)13-30(17)21(26)27/h8-9,11,15,17,31H,2-7,10,12-13H2,1H3,(H3,26,27)/p+1/t15-,17-/m0/s1. The minimum Gasteiger partial charge on any atom is -0.493 e. The average molecular weight is 471 g/mol. The van der Waals surface area contributed by atoms with E-state index in [-0.39, 0.29) is 48.6 Å². The minimum absolute atomic E-state index is 0.00472. The van der Waals surface area contributed by atoms with Crippen molar-refractivity contribution >= 4 is 5.96 Å². The van der Waals surface area contributed by atoms with Crippen LogP contribution in [0, 0.1) is 0 Å². The number of aliphatic hydroxyl groups is 1. The summed E-state index contributed by atoms with van der Waals surface area (Å²) in [6.45, 7) is 2.55. The Morgan fingerprint density at radius 3 is 2.64 bits per heavy atom. The number of hydrogen-bond donors (Lipinski definition) is 3. The number of benzene rings is 1. The van der Waals surface area contributed by atoms with E-state index < -0.39 is 23.9 Å². The summed E-state index contributed by atoms with van der Waals surface area (Å²) in [6.07, 6.45) is 1.06. The molecule has 5 N–H and O–H groups in total. The van der Waals surface area contributed by atoms with Crippen LogP contribution in [0.5, 0.6) is 5.75 Å². The van der Waals surface area contributed by atoms with Gasteiger partial charge in [-0.15, -0.1) is 0 Å². The Bertz CT molecular complexity index is 957. The number of alkyl halides is 3. The van der Waals surface area contributed by atoms with E-state index in [1.807, 2.05) is 0 Å².